The number of rotatable bonds is 7. The first-order valence-electron chi connectivity index (χ1n) is 8.02. The summed E-state index contributed by atoms with van der Waals surface area (Å²) in [4.78, 5) is 12.0. The molecule has 1 amide bonds. The maximum atomic E-state index is 12.0. The van der Waals surface area contributed by atoms with E-state index >= 15 is 0 Å². The topological polar surface area (TPSA) is 38.3 Å². The molecule has 0 aromatic heterocycles. The molecule has 1 N–H and O–H groups in total. The first-order chi connectivity index (χ1) is 11.2. The van der Waals surface area contributed by atoms with Crippen molar-refractivity contribution in [3.8, 4) is 5.75 Å². The molecule has 0 heterocycles. The van der Waals surface area contributed by atoms with Gasteiger partial charge < -0.3 is 10.1 Å². The predicted octanol–water partition coefficient (Wildman–Crippen LogP) is 4.69. The van der Waals surface area contributed by atoms with Crippen LogP contribution in [0.1, 0.15) is 31.4 Å². The molecule has 0 fully saturated rings. The lowest BCUT2D eigenvalue weighted by Crippen LogP contribution is -2.07. The Kier molecular flexibility index (Phi) is 6.42. The first kappa shape index (κ1) is 16.8. The molecule has 2 aromatic rings. The van der Waals surface area contributed by atoms with Crippen molar-refractivity contribution in [1.29, 1.82) is 0 Å². The molecule has 0 aliphatic heterocycles. The van der Waals surface area contributed by atoms with Crippen molar-refractivity contribution in [2.24, 2.45) is 0 Å². The zero-order valence-electron chi connectivity index (χ0n) is 13.7. The van der Waals surface area contributed by atoms with Crippen molar-refractivity contribution < 1.29 is 9.53 Å². The highest BCUT2D eigenvalue weighted by atomic mass is 16.5. The Hall–Kier alpha value is -2.55. The minimum atomic E-state index is -0.153. The average Bonchev–Trinajstić information content (AvgIpc) is 2.59. The second-order valence-electron chi connectivity index (χ2n) is 5.26. The molecule has 3 nitrogen and oxygen atoms in total. The second-order valence-corrected chi connectivity index (χ2v) is 5.26. The van der Waals surface area contributed by atoms with Crippen LogP contribution in [0.4, 0.5) is 5.69 Å². The molecule has 0 atom stereocenters. The third kappa shape index (κ3) is 5.29. The van der Waals surface area contributed by atoms with E-state index in [4.69, 9.17) is 4.74 Å². The van der Waals surface area contributed by atoms with Gasteiger partial charge in [0.25, 0.3) is 0 Å². The molecule has 0 saturated carbocycles. The van der Waals surface area contributed by atoms with Crippen LogP contribution >= 0.6 is 0 Å². The minimum absolute atomic E-state index is 0.153. The third-order valence-electron chi connectivity index (χ3n) is 3.42. The Bertz CT molecular complexity index is 660. The Morgan fingerprint density at radius 3 is 2.52 bits per heavy atom. The number of aryl methyl sites for hydroxylation is 1. The monoisotopic (exact) mass is 309 g/mol. The van der Waals surface area contributed by atoms with E-state index in [9.17, 15) is 4.79 Å². The molecule has 0 saturated heterocycles. The van der Waals surface area contributed by atoms with E-state index in [0.29, 0.717) is 6.61 Å². The highest BCUT2D eigenvalue weighted by Gasteiger charge is 2.01. The van der Waals surface area contributed by atoms with Gasteiger partial charge in [-0.1, -0.05) is 44.2 Å². The van der Waals surface area contributed by atoms with Gasteiger partial charge in [-0.3, -0.25) is 4.79 Å². The SMILES string of the molecule is CCCOc1ccccc1C=CC(=O)Nc1ccc(CC)cc1. The van der Waals surface area contributed by atoms with Crippen LogP contribution in [-0.2, 0) is 11.2 Å². The van der Waals surface area contributed by atoms with Gasteiger partial charge in [-0.25, -0.2) is 0 Å². The van der Waals surface area contributed by atoms with E-state index in [2.05, 4.69) is 19.2 Å². The van der Waals surface area contributed by atoms with Gasteiger partial charge in [0.15, 0.2) is 0 Å². The van der Waals surface area contributed by atoms with Crippen LogP contribution in [-0.4, -0.2) is 12.5 Å². The van der Waals surface area contributed by atoms with E-state index in [0.717, 1.165) is 29.8 Å². The molecule has 23 heavy (non-hydrogen) atoms. The maximum absolute atomic E-state index is 12.0. The summed E-state index contributed by atoms with van der Waals surface area (Å²) in [7, 11) is 0. The lowest BCUT2D eigenvalue weighted by Gasteiger charge is -2.07. The molecule has 0 radical (unpaired) electrons. The van der Waals surface area contributed by atoms with Gasteiger partial charge >= 0.3 is 0 Å². The maximum Gasteiger partial charge on any atom is 0.248 e. The number of para-hydroxylation sites is 1. The number of hydrogen-bond acceptors (Lipinski definition) is 2. The van der Waals surface area contributed by atoms with Crippen LogP contribution in [0.3, 0.4) is 0 Å². The van der Waals surface area contributed by atoms with Gasteiger partial charge in [0.05, 0.1) is 6.61 Å². The summed E-state index contributed by atoms with van der Waals surface area (Å²) in [5, 5.41) is 2.86. The Morgan fingerprint density at radius 1 is 1.09 bits per heavy atom. The van der Waals surface area contributed by atoms with E-state index in [1.165, 1.54) is 11.6 Å². The standard InChI is InChI=1S/C20H23NO2/c1-3-15-23-19-8-6-5-7-17(19)11-14-20(22)21-18-12-9-16(4-2)10-13-18/h5-14H,3-4,15H2,1-2H3,(H,21,22). The van der Waals surface area contributed by atoms with Crippen LogP contribution in [0.5, 0.6) is 5.75 Å². The van der Waals surface area contributed by atoms with Crippen LogP contribution in [0.25, 0.3) is 6.08 Å². The summed E-state index contributed by atoms with van der Waals surface area (Å²) in [5.74, 6) is 0.644. The molecule has 2 rings (SSSR count). The van der Waals surface area contributed by atoms with E-state index in [1.807, 2.05) is 48.5 Å². The van der Waals surface area contributed by atoms with Gasteiger partial charge in [-0.2, -0.15) is 0 Å². The number of benzene rings is 2. The molecule has 2 aromatic carbocycles. The molecule has 0 spiro atoms. The summed E-state index contributed by atoms with van der Waals surface area (Å²) >= 11 is 0. The molecule has 0 aliphatic carbocycles. The van der Waals surface area contributed by atoms with E-state index < -0.39 is 0 Å². The number of ether oxygens (including phenoxy) is 1. The number of anilines is 1. The smallest absolute Gasteiger partial charge is 0.248 e. The molecule has 0 unspecified atom stereocenters. The number of amides is 1. The Labute approximate surface area is 138 Å². The highest BCUT2D eigenvalue weighted by Crippen LogP contribution is 2.19. The van der Waals surface area contributed by atoms with Crippen molar-refractivity contribution in [3.05, 3.63) is 65.7 Å². The molecular formula is C20H23NO2. The zero-order valence-corrected chi connectivity index (χ0v) is 13.7. The molecule has 3 heteroatoms. The van der Waals surface area contributed by atoms with Gasteiger partial charge in [0.2, 0.25) is 5.91 Å². The summed E-state index contributed by atoms with van der Waals surface area (Å²) < 4.78 is 5.68. The fraction of sp³-hybridized carbons (Fsp3) is 0.250. The second kappa shape index (κ2) is 8.79. The van der Waals surface area contributed by atoms with Gasteiger partial charge in [-0.15, -0.1) is 0 Å². The van der Waals surface area contributed by atoms with Crippen molar-refractivity contribution in [2.45, 2.75) is 26.7 Å². The van der Waals surface area contributed by atoms with Crippen LogP contribution in [0.2, 0.25) is 0 Å². The minimum Gasteiger partial charge on any atom is -0.493 e. The largest absolute Gasteiger partial charge is 0.493 e. The van der Waals surface area contributed by atoms with E-state index in [1.54, 1.807) is 6.08 Å². The highest BCUT2D eigenvalue weighted by molar-refractivity contribution is 6.02. The normalized spacial score (nSPS) is 10.7. The quantitative estimate of drug-likeness (QED) is 0.754. The fourth-order valence-corrected chi connectivity index (χ4v) is 2.13. The molecule has 0 aliphatic rings. The molecular weight excluding hydrogens is 286 g/mol. The predicted molar refractivity (Wildman–Crippen MR) is 95.7 cm³/mol. The number of hydrogen-bond donors (Lipinski definition) is 1. The van der Waals surface area contributed by atoms with Crippen molar-refractivity contribution >= 4 is 17.7 Å². The lowest BCUT2D eigenvalue weighted by molar-refractivity contribution is -0.111. The summed E-state index contributed by atoms with van der Waals surface area (Å²) in [6.45, 7) is 4.84. The third-order valence-corrected chi connectivity index (χ3v) is 3.42. The van der Waals surface area contributed by atoms with E-state index in [-0.39, 0.29) is 5.91 Å². The summed E-state index contributed by atoms with van der Waals surface area (Å²) in [6.07, 6.45) is 5.25. The van der Waals surface area contributed by atoms with Gasteiger partial charge in [-0.05, 0) is 42.7 Å². The lowest BCUT2D eigenvalue weighted by atomic mass is 10.1. The fourth-order valence-electron chi connectivity index (χ4n) is 2.13. The summed E-state index contributed by atoms with van der Waals surface area (Å²) in [6, 6.07) is 15.6. The van der Waals surface area contributed by atoms with Gasteiger partial charge in [0.1, 0.15) is 5.75 Å². The van der Waals surface area contributed by atoms with Crippen LogP contribution in [0, 0.1) is 0 Å². The van der Waals surface area contributed by atoms with Crippen molar-refractivity contribution in [1.82, 2.24) is 0 Å². The van der Waals surface area contributed by atoms with Crippen LogP contribution in [0.15, 0.2) is 54.6 Å². The van der Waals surface area contributed by atoms with Gasteiger partial charge in [0, 0.05) is 17.3 Å². The summed E-state index contributed by atoms with van der Waals surface area (Å²) in [5.41, 5.74) is 2.95. The van der Waals surface area contributed by atoms with Crippen molar-refractivity contribution in [2.75, 3.05) is 11.9 Å². The zero-order chi connectivity index (χ0) is 16.5. The average molecular weight is 309 g/mol. The molecule has 120 valence electrons. The Balaban J connectivity index is 2.00. The number of nitrogens with one attached hydrogen (secondary N) is 1. The number of carbonyl (C=O) groups excluding carboxylic acids is 1. The molecule has 0 bridgehead atoms. The Morgan fingerprint density at radius 2 is 1.83 bits per heavy atom. The number of carbonyl (C=O) groups is 1. The van der Waals surface area contributed by atoms with Crippen molar-refractivity contribution in [3.63, 3.8) is 0 Å². The van der Waals surface area contributed by atoms with Crippen LogP contribution < -0.4 is 10.1 Å². The first-order valence-corrected chi connectivity index (χ1v) is 8.02.